The number of H-pyrrole nitrogens is 1. The molecule has 7 fully saturated rings. The molecule has 0 radical (unpaired) electrons. The molecule has 15 nitrogen and oxygen atoms in total. The van der Waals surface area contributed by atoms with Crippen LogP contribution in [0.1, 0.15) is 127 Å². The molecule has 3 aromatic carbocycles. The zero-order valence-electron chi connectivity index (χ0n) is 42.9. The van der Waals surface area contributed by atoms with Crippen molar-refractivity contribution in [2.45, 2.75) is 114 Å². The Hall–Kier alpha value is -6.07. The number of fused-ring (bicyclic) bond motifs is 3. The molecule has 5 heterocycles. The Labute approximate surface area is 436 Å². The van der Waals surface area contributed by atoms with Gasteiger partial charge in [0.15, 0.2) is 0 Å². The molecular weight excluding hydrogens is 959 g/mol. The molecule has 398 valence electrons. The van der Waals surface area contributed by atoms with Gasteiger partial charge in [-0.25, -0.2) is 13.9 Å². The van der Waals surface area contributed by atoms with Crippen molar-refractivity contribution in [1.82, 2.24) is 40.0 Å². The number of halogens is 2. The van der Waals surface area contributed by atoms with E-state index in [0.29, 0.717) is 92.4 Å². The number of likely N-dealkylation sites (tertiary alicyclic amines) is 3. The van der Waals surface area contributed by atoms with Gasteiger partial charge in [-0.15, -0.1) is 0 Å². The van der Waals surface area contributed by atoms with Gasteiger partial charge in [0.05, 0.1) is 41.0 Å². The van der Waals surface area contributed by atoms with Crippen LogP contribution >= 0.6 is 0 Å². The number of piperazine rings is 1. The van der Waals surface area contributed by atoms with Crippen molar-refractivity contribution in [3.8, 4) is 0 Å². The van der Waals surface area contributed by atoms with Gasteiger partial charge in [-0.3, -0.25) is 33.7 Å². The average Bonchev–Trinajstić information content (AvgIpc) is 4.26. The first kappa shape index (κ1) is 51.1. The molecule has 5 amide bonds. The SMILES string of the molecule is O=C(N[C@@H](C(=O)N1CCC(OC2CCN(CC(=O)N3CCN(C(=O)c4cc(Cc5n[nH]c(=O)c6ccccc56)ccc4F)CC3)CC2)CC1)C1CCCCC1)c1ccc(C2[C@@H]3CC[C@H]2CN(C(=O)C2CC2)C3)cc1F. The molecule has 3 aliphatic carbocycles. The van der Waals surface area contributed by atoms with Gasteiger partial charge in [0, 0.05) is 83.2 Å². The van der Waals surface area contributed by atoms with Gasteiger partial charge in [-0.2, -0.15) is 5.10 Å². The lowest BCUT2D eigenvalue weighted by Crippen LogP contribution is -2.55. The molecule has 1 unspecified atom stereocenters. The molecule has 0 spiro atoms. The molecule has 17 heteroatoms. The van der Waals surface area contributed by atoms with Crippen molar-refractivity contribution in [3.63, 3.8) is 0 Å². The highest BCUT2D eigenvalue weighted by Gasteiger charge is 2.46. The fourth-order valence-electron chi connectivity index (χ4n) is 13.4. The smallest absolute Gasteiger partial charge is 0.272 e. The molecule has 3 saturated carbocycles. The largest absolute Gasteiger partial charge is 0.375 e. The summed E-state index contributed by atoms with van der Waals surface area (Å²) in [5, 5.41) is 11.0. The Morgan fingerprint density at radius 1 is 0.667 bits per heavy atom. The van der Waals surface area contributed by atoms with Crippen LogP contribution in [0.25, 0.3) is 10.8 Å². The molecule has 1 aromatic heterocycles. The van der Waals surface area contributed by atoms with E-state index in [2.05, 4.69) is 20.4 Å². The fraction of sp³-hybridized carbons (Fsp3) is 0.569. The van der Waals surface area contributed by atoms with Crippen LogP contribution in [0.2, 0.25) is 0 Å². The van der Waals surface area contributed by atoms with Crippen molar-refractivity contribution < 1.29 is 37.5 Å². The van der Waals surface area contributed by atoms with Crippen molar-refractivity contribution in [2.75, 3.05) is 72.0 Å². The molecule has 2 bridgehead atoms. The lowest BCUT2D eigenvalue weighted by atomic mass is 9.79. The minimum atomic E-state index is -0.731. The number of aromatic amines is 1. The minimum Gasteiger partial charge on any atom is -0.375 e. The summed E-state index contributed by atoms with van der Waals surface area (Å²) in [6, 6.07) is 15.9. The van der Waals surface area contributed by atoms with E-state index in [1.54, 1.807) is 40.1 Å². The Morgan fingerprint density at radius 3 is 2.01 bits per heavy atom. The third-order valence-electron chi connectivity index (χ3n) is 17.7. The third kappa shape index (κ3) is 11.3. The summed E-state index contributed by atoms with van der Waals surface area (Å²) in [4.78, 5) is 89.9. The quantitative estimate of drug-likeness (QED) is 0.157. The van der Waals surface area contributed by atoms with Gasteiger partial charge in [0.1, 0.15) is 17.7 Å². The molecule has 75 heavy (non-hydrogen) atoms. The second kappa shape index (κ2) is 22.3. The third-order valence-corrected chi connectivity index (χ3v) is 17.7. The Kier molecular flexibility index (Phi) is 15.2. The topological polar surface area (TPSA) is 169 Å². The molecule has 2 N–H and O–H groups in total. The van der Waals surface area contributed by atoms with Crippen LogP contribution in [0.5, 0.6) is 0 Å². The highest BCUT2D eigenvalue weighted by atomic mass is 19.1. The fourth-order valence-corrected chi connectivity index (χ4v) is 13.4. The number of carbonyl (C=O) groups excluding carboxylic acids is 5. The second-order valence-corrected chi connectivity index (χ2v) is 22.6. The number of aromatic nitrogens is 2. The molecule has 4 saturated heterocycles. The van der Waals surface area contributed by atoms with Gasteiger partial charge in [0.2, 0.25) is 17.7 Å². The first-order chi connectivity index (χ1) is 36.4. The van der Waals surface area contributed by atoms with Crippen LogP contribution in [-0.2, 0) is 25.5 Å². The normalized spacial score (nSPS) is 23.6. The highest BCUT2D eigenvalue weighted by molar-refractivity contribution is 5.98. The molecule has 4 aromatic rings. The Balaban J connectivity index is 0.618. The van der Waals surface area contributed by atoms with E-state index in [0.717, 1.165) is 89.3 Å². The van der Waals surface area contributed by atoms with Crippen LogP contribution in [0.3, 0.4) is 0 Å². The van der Waals surface area contributed by atoms with Crippen molar-refractivity contribution in [1.29, 1.82) is 0 Å². The second-order valence-electron chi connectivity index (χ2n) is 22.6. The number of nitrogens with zero attached hydrogens (tertiary/aromatic N) is 6. The van der Waals surface area contributed by atoms with E-state index in [4.69, 9.17) is 4.74 Å². The van der Waals surface area contributed by atoms with E-state index in [1.165, 1.54) is 12.1 Å². The van der Waals surface area contributed by atoms with E-state index in [-0.39, 0.29) is 84.0 Å². The van der Waals surface area contributed by atoms with E-state index < -0.39 is 29.5 Å². The van der Waals surface area contributed by atoms with Gasteiger partial charge in [-0.1, -0.05) is 49.6 Å². The van der Waals surface area contributed by atoms with Crippen LogP contribution in [0.4, 0.5) is 8.78 Å². The predicted molar refractivity (Wildman–Crippen MR) is 277 cm³/mol. The van der Waals surface area contributed by atoms with E-state index in [9.17, 15) is 28.8 Å². The highest BCUT2D eigenvalue weighted by Crippen LogP contribution is 2.49. The summed E-state index contributed by atoms with van der Waals surface area (Å²) in [5.74, 6) is -1.06. The average molecular weight is 1030 g/mol. The molecule has 7 aliphatic rings. The molecule has 4 aliphatic heterocycles. The zero-order chi connectivity index (χ0) is 51.7. The first-order valence-corrected chi connectivity index (χ1v) is 27.8. The summed E-state index contributed by atoms with van der Waals surface area (Å²) >= 11 is 0. The number of rotatable bonds is 13. The van der Waals surface area contributed by atoms with Crippen molar-refractivity contribution in [2.24, 2.45) is 23.7 Å². The van der Waals surface area contributed by atoms with Crippen molar-refractivity contribution in [3.05, 3.63) is 111 Å². The number of benzene rings is 3. The number of ether oxygens (including phenoxy) is 1. The lowest BCUT2D eigenvalue weighted by Gasteiger charge is -2.40. The zero-order valence-corrected chi connectivity index (χ0v) is 42.9. The lowest BCUT2D eigenvalue weighted by molar-refractivity contribution is -0.140. The molecule has 4 atom stereocenters. The maximum Gasteiger partial charge on any atom is 0.272 e. The summed E-state index contributed by atoms with van der Waals surface area (Å²) in [6.07, 6.45) is 12.0. The van der Waals surface area contributed by atoms with Crippen LogP contribution < -0.4 is 10.9 Å². The van der Waals surface area contributed by atoms with Crippen LogP contribution in [0, 0.1) is 35.3 Å². The minimum absolute atomic E-state index is 0.00448. The summed E-state index contributed by atoms with van der Waals surface area (Å²) in [7, 11) is 0. The van der Waals surface area contributed by atoms with Crippen molar-refractivity contribution >= 4 is 40.3 Å². The maximum atomic E-state index is 16.0. The van der Waals surface area contributed by atoms with Crippen LogP contribution in [0.15, 0.2) is 65.5 Å². The number of piperidine rings is 3. The number of hydrogen-bond acceptors (Lipinski definition) is 9. The van der Waals surface area contributed by atoms with E-state index >= 15 is 8.78 Å². The van der Waals surface area contributed by atoms with Gasteiger partial charge < -0.3 is 29.7 Å². The number of carbonyl (C=O) groups is 5. The number of nitrogens with one attached hydrogen (secondary N) is 2. The number of amides is 5. The summed E-state index contributed by atoms with van der Waals surface area (Å²) in [6.45, 7) is 5.44. The van der Waals surface area contributed by atoms with Gasteiger partial charge in [-0.05, 0) is 129 Å². The van der Waals surface area contributed by atoms with Crippen LogP contribution in [-0.4, -0.2) is 154 Å². The summed E-state index contributed by atoms with van der Waals surface area (Å²) in [5.41, 5.74) is 1.83. The van der Waals surface area contributed by atoms with E-state index in [1.807, 2.05) is 28.0 Å². The monoisotopic (exact) mass is 1030 g/mol. The summed E-state index contributed by atoms with van der Waals surface area (Å²) < 4.78 is 37.7. The van der Waals surface area contributed by atoms with Gasteiger partial charge >= 0.3 is 0 Å². The Bertz CT molecular complexity index is 2830. The molecule has 11 rings (SSSR count). The predicted octanol–water partition coefficient (Wildman–Crippen LogP) is 6.29. The van der Waals surface area contributed by atoms with Gasteiger partial charge in [0.25, 0.3) is 17.4 Å². The maximum absolute atomic E-state index is 16.0. The molecular formula is C58H70F2N8O7. The Morgan fingerprint density at radius 2 is 1.33 bits per heavy atom. The standard InChI is InChI=1S/C58H70F2N8O7/c59-48-17-10-36(31-50-44-8-4-5-9-45(44)55(71)63-62-50)30-47(48)57(73)67-28-26-65(27-29-67)51(69)35-64-22-18-42(19-23-64)75-43-20-24-66(25-21-43)58(74)53(37-6-2-1-3-7-37)61-54(70)46-16-15-39(32-49(46)60)52-40-13-14-41(52)34-68(33-40)56(72)38-11-12-38/h4-5,8-10,15-17,30,32,37-38,40-43,52-53H,1-3,6-7,11-14,18-29,31,33-35H2,(H,61,70)(H,63,71)/t40-,41+,52?,53-/m1/s1. The number of hydrogen-bond donors (Lipinski definition) is 2. The first-order valence-electron chi connectivity index (χ1n) is 27.8.